The highest BCUT2D eigenvalue weighted by atomic mass is 35.5. The van der Waals surface area contributed by atoms with Crippen LogP contribution in [0.15, 0.2) is 30.3 Å². The molecule has 0 aliphatic heterocycles. The lowest BCUT2D eigenvalue weighted by molar-refractivity contribution is 0.429. The van der Waals surface area contributed by atoms with Gasteiger partial charge in [0, 0.05) is 19.0 Å². The Hall–Kier alpha value is -0.580. The van der Waals surface area contributed by atoms with E-state index in [0.717, 1.165) is 5.56 Å². The number of rotatable bonds is 5. The van der Waals surface area contributed by atoms with Crippen molar-refractivity contribution >= 4 is 21.6 Å². The zero-order valence-electron chi connectivity index (χ0n) is 8.56. The van der Waals surface area contributed by atoms with Crippen molar-refractivity contribution in [3.8, 4) is 0 Å². The van der Waals surface area contributed by atoms with Gasteiger partial charge >= 0.3 is 0 Å². The molecule has 0 amide bonds. The second-order valence-electron chi connectivity index (χ2n) is 3.27. The molecule has 3 nitrogen and oxygen atoms in total. The van der Waals surface area contributed by atoms with Gasteiger partial charge in [0.05, 0.1) is 6.26 Å². The minimum Gasteiger partial charge on any atom is -0.212 e. The van der Waals surface area contributed by atoms with Gasteiger partial charge in [-0.2, -0.15) is 4.31 Å². The van der Waals surface area contributed by atoms with Crippen LogP contribution in [0.1, 0.15) is 5.56 Å². The van der Waals surface area contributed by atoms with Crippen LogP contribution in [-0.4, -0.2) is 31.4 Å². The molecule has 5 heteroatoms. The smallest absolute Gasteiger partial charge is 0.211 e. The maximum Gasteiger partial charge on any atom is 0.211 e. The van der Waals surface area contributed by atoms with E-state index in [4.69, 9.17) is 11.6 Å². The summed E-state index contributed by atoms with van der Waals surface area (Å²) in [7, 11) is -3.18. The fraction of sp³-hybridized carbons (Fsp3) is 0.400. The summed E-state index contributed by atoms with van der Waals surface area (Å²) in [6.45, 7) is 0.724. The van der Waals surface area contributed by atoms with Gasteiger partial charge in [-0.15, -0.1) is 11.6 Å². The summed E-state index contributed by atoms with van der Waals surface area (Å²) in [5.74, 6) is 0.305. The van der Waals surface area contributed by atoms with E-state index in [1.54, 1.807) is 0 Å². The van der Waals surface area contributed by atoms with Crippen LogP contribution in [0.3, 0.4) is 0 Å². The molecule has 84 valence electrons. The molecule has 0 spiro atoms. The van der Waals surface area contributed by atoms with Gasteiger partial charge in [0.25, 0.3) is 0 Å². The molecule has 0 unspecified atom stereocenters. The van der Waals surface area contributed by atoms with E-state index < -0.39 is 10.0 Å². The number of hydrogen-bond donors (Lipinski definition) is 0. The summed E-state index contributed by atoms with van der Waals surface area (Å²) in [6, 6.07) is 9.46. The summed E-state index contributed by atoms with van der Waals surface area (Å²) in [6.07, 6.45) is 1.20. The molecular formula is C10H14ClNO2S. The first kappa shape index (κ1) is 12.5. The van der Waals surface area contributed by atoms with Crippen LogP contribution >= 0.6 is 11.6 Å². The van der Waals surface area contributed by atoms with Gasteiger partial charge in [0.2, 0.25) is 10.0 Å². The van der Waals surface area contributed by atoms with E-state index >= 15 is 0 Å². The van der Waals surface area contributed by atoms with E-state index in [1.807, 2.05) is 30.3 Å². The predicted molar refractivity (Wildman–Crippen MR) is 62.4 cm³/mol. The van der Waals surface area contributed by atoms with Crippen LogP contribution in [-0.2, 0) is 16.6 Å². The lowest BCUT2D eigenvalue weighted by Gasteiger charge is -2.18. The van der Waals surface area contributed by atoms with Gasteiger partial charge in [-0.25, -0.2) is 8.42 Å². The van der Waals surface area contributed by atoms with Crippen molar-refractivity contribution in [2.75, 3.05) is 18.7 Å². The Labute approximate surface area is 95.7 Å². The van der Waals surface area contributed by atoms with E-state index in [2.05, 4.69) is 0 Å². The Kier molecular flexibility index (Phi) is 4.57. The second kappa shape index (κ2) is 5.49. The highest BCUT2D eigenvalue weighted by Gasteiger charge is 2.15. The van der Waals surface area contributed by atoms with Crippen LogP contribution in [0.2, 0.25) is 0 Å². The number of sulfonamides is 1. The maximum atomic E-state index is 11.4. The predicted octanol–water partition coefficient (Wildman–Crippen LogP) is 1.69. The Morgan fingerprint density at radius 3 is 2.33 bits per heavy atom. The SMILES string of the molecule is CS(=O)(=O)N(CCCl)Cc1ccccc1. The standard InChI is InChI=1S/C10H14ClNO2S/c1-15(13,14)12(8-7-11)9-10-5-3-2-4-6-10/h2-6H,7-9H2,1H3. The average molecular weight is 248 g/mol. The van der Waals surface area contributed by atoms with E-state index in [1.165, 1.54) is 10.6 Å². The van der Waals surface area contributed by atoms with Crippen LogP contribution in [0.4, 0.5) is 0 Å². The Balaban J connectivity index is 2.76. The van der Waals surface area contributed by atoms with Crippen LogP contribution < -0.4 is 0 Å². The molecule has 0 aliphatic carbocycles. The number of hydrogen-bond acceptors (Lipinski definition) is 2. The van der Waals surface area contributed by atoms with Crippen LogP contribution in [0.5, 0.6) is 0 Å². The van der Waals surface area contributed by atoms with Crippen molar-refractivity contribution in [3.05, 3.63) is 35.9 Å². The molecule has 0 fully saturated rings. The lowest BCUT2D eigenvalue weighted by atomic mass is 10.2. The fourth-order valence-corrected chi connectivity index (χ4v) is 2.35. The normalized spacial score (nSPS) is 11.9. The quantitative estimate of drug-likeness (QED) is 0.743. The van der Waals surface area contributed by atoms with Gasteiger partial charge in [-0.1, -0.05) is 30.3 Å². The highest BCUT2D eigenvalue weighted by molar-refractivity contribution is 7.88. The number of alkyl halides is 1. The number of benzene rings is 1. The van der Waals surface area contributed by atoms with E-state index in [-0.39, 0.29) is 0 Å². The average Bonchev–Trinajstić information content (AvgIpc) is 2.17. The first-order chi connectivity index (χ1) is 7.04. The Morgan fingerprint density at radius 1 is 1.27 bits per heavy atom. The van der Waals surface area contributed by atoms with Crippen LogP contribution in [0.25, 0.3) is 0 Å². The third-order valence-electron chi connectivity index (χ3n) is 2.00. The maximum absolute atomic E-state index is 11.4. The molecule has 1 aromatic rings. The molecule has 0 radical (unpaired) electrons. The third kappa shape index (κ3) is 4.20. The summed E-state index contributed by atoms with van der Waals surface area (Å²) in [4.78, 5) is 0. The van der Waals surface area contributed by atoms with Gasteiger partial charge in [0.15, 0.2) is 0 Å². The summed E-state index contributed by atoms with van der Waals surface area (Å²) in [5, 5.41) is 0. The minimum absolute atomic E-state index is 0.305. The van der Waals surface area contributed by atoms with Crippen molar-refractivity contribution in [3.63, 3.8) is 0 Å². The number of nitrogens with zero attached hydrogens (tertiary/aromatic N) is 1. The molecule has 0 bridgehead atoms. The number of halogens is 1. The van der Waals surface area contributed by atoms with Gasteiger partial charge < -0.3 is 0 Å². The van der Waals surface area contributed by atoms with Crippen molar-refractivity contribution in [1.82, 2.24) is 4.31 Å². The monoisotopic (exact) mass is 247 g/mol. The zero-order valence-corrected chi connectivity index (χ0v) is 10.1. The molecule has 0 saturated heterocycles. The topological polar surface area (TPSA) is 37.4 Å². The van der Waals surface area contributed by atoms with Gasteiger partial charge in [-0.3, -0.25) is 0 Å². The van der Waals surface area contributed by atoms with Crippen molar-refractivity contribution < 1.29 is 8.42 Å². The van der Waals surface area contributed by atoms with Gasteiger partial charge in [-0.05, 0) is 5.56 Å². The summed E-state index contributed by atoms with van der Waals surface area (Å²) >= 11 is 5.56. The molecule has 1 aromatic carbocycles. The lowest BCUT2D eigenvalue weighted by Crippen LogP contribution is -2.31. The Morgan fingerprint density at radius 2 is 1.87 bits per heavy atom. The molecule has 15 heavy (non-hydrogen) atoms. The first-order valence-corrected chi connectivity index (χ1v) is 6.97. The minimum atomic E-state index is -3.18. The molecular weight excluding hydrogens is 234 g/mol. The highest BCUT2D eigenvalue weighted by Crippen LogP contribution is 2.07. The van der Waals surface area contributed by atoms with Crippen LogP contribution in [0, 0.1) is 0 Å². The summed E-state index contributed by atoms with van der Waals surface area (Å²) < 4.78 is 24.2. The first-order valence-electron chi connectivity index (χ1n) is 4.59. The molecule has 0 saturated carbocycles. The van der Waals surface area contributed by atoms with E-state index in [0.29, 0.717) is 19.0 Å². The Bertz CT molecular complexity index is 391. The van der Waals surface area contributed by atoms with Crippen molar-refractivity contribution in [2.45, 2.75) is 6.54 Å². The molecule has 0 aliphatic rings. The van der Waals surface area contributed by atoms with Crippen molar-refractivity contribution in [1.29, 1.82) is 0 Å². The van der Waals surface area contributed by atoms with Gasteiger partial charge in [0.1, 0.15) is 0 Å². The zero-order chi connectivity index (χ0) is 11.3. The van der Waals surface area contributed by atoms with E-state index in [9.17, 15) is 8.42 Å². The molecule has 1 rings (SSSR count). The third-order valence-corrected chi connectivity index (χ3v) is 3.42. The molecule has 0 N–H and O–H groups in total. The second-order valence-corrected chi connectivity index (χ2v) is 5.63. The molecule has 0 aromatic heterocycles. The molecule has 0 atom stereocenters. The largest absolute Gasteiger partial charge is 0.212 e. The van der Waals surface area contributed by atoms with Crippen molar-refractivity contribution in [2.24, 2.45) is 0 Å². The fourth-order valence-electron chi connectivity index (χ4n) is 1.24. The molecule has 0 heterocycles. The summed E-state index contributed by atoms with van der Waals surface area (Å²) in [5.41, 5.74) is 0.966.